The zero-order chi connectivity index (χ0) is 13.0. The predicted octanol–water partition coefficient (Wildman–Crippen LogP) is 0.749. The van der Waals surface area contributed by atoms with Crippen molar-refractivity contribution in [1.29, 1.82) is 0 Å². The first-order chi connectivity index (χ1) is 8.74. The van der Waals surface area contributed by atoms with Crippen molar-refractivity contribution in [1.82, 2.24) is 10.2 Å². The number of benzene rings is 1. The second kappa shape index (κ2) is 5.73. The van der Waals surface area contributed by atoms with Crippen molar-refractivity contribution < 1.29 is 14.3 Å². The summed E-state index contributed by atoms with van der Waals surface area (Å²) < 4.78 is 11.3. The maximum atomic E-state index is 12.1. The number of para-hydroxylation sites is 1. The zero-order valence-electron chi connectivity index (χ0n) is 10.7. The highest BCUT2D eigenvalue weighted by atomic mass is 16.5. The molecule has 0 radical (unpaired) electrons. The summed E-state index contributed by atoms with van der Waals surface area (Å²) in [5, 5.41) is 3.01. The molecule has 1 amide bonds. The van der Waals surface area contributed by atoms with Crippen molar-refractivity contribution in [2.75, 3.05) is 40.4 Å². The fourth-order valence-electron chi connectivity index (χ4n) is 1.80. The minimum Gasteiger partial charge on any atom is -0.488 e. The molecule has 0 atom stereocenters. The highest BCUT2D eigenvalue weighted by molar-refractivity contribution is 5.98. The Hall–Kier alpha value is -1.75. The Balaban J connectivity index is 2.25. The highest BCUT2D eigenvalue weighted by Crippen LogP contribution is 2.33. The van der Waals surface area contributed by atoms with Crippen LogP contribution in [0.4, 0.5) is 0 Å². The third-order valence-electron chi connectivity index (χ3n) is 2.84. The Labute approximate surface area is 107 Å². The van der Waals surface area contributed by atoms with E-state index in [1.165, 1.54) is 0 Å². The largest absolute Gasteiger partial charge is 0.488 e. The van der Waals surface area contributed by atoms with Gasteiger partial charge in [0.05, 0.1) is 12.1 Å². The van der Waals surface area contributed by atoms with Crippen LogP contribution >= 0.6 is 0 Å². The van der Waals surface area contributed by atoms with Crippen LogP contribution in [0.5, 0.6) is 11.5 Å². The molecule has 5 nitrogen and oxygen atoms in total. The molecule has 0 bridgehead atoms. The summed E-state index contributed by atoms with van der Waals surface area (Å²) in [5.41, 5.74) is 0.567. The Morgan fingerprint density at radius 1 is 1.50 bits per heavy atom. The van der Waals surface area contributed by atoms with Crippen LogP contribution in [0.25, 0.3) is 0 Å². The smallest absolute Gasteiger partial charge is 0.257 e. The average molecular weight is 250 g/mol. The lowest BCUT2D eigenvalue weighted by Gasteiger charge is -2.13. The molecule has 5 heteroatoms. The molecule has 0 saturated carbocycles. The SMILES string of the molecule is CNCCOc1cccc2c1OCCN(C)C2=O. The normalized spacial score (nSPS) is 14.8. The quantitative estimate of drug-likeness (QED) is 0.801. The minimum atomic E-state index is -0.0263. The Kier molecular flexibility index (Phi) is 4.04. The summed E-state index contributed by atoms with van der Waals surface area (Å²) in [6.45, 7) is 2.36. The number of fused-ring (bicyclic) bond motifs is 1. The van der Waals surface area contributed by atoms with E-state index < -0.39 is 0 Å². The van der Waals surface area contributed by atoms with E-state index >= 15 is 0 Å². The van der Waals surface area contributed by atoms with Gasteiger partial charge in [0.15, 0.2) is 11.5 Å². The van der Waals surface area contributed by atoms with E-state index in [9.17, 15) is 4.79 Å². The Bertz CT molecular complexity index is 434. The number of carbonyl (C=O) groups is 1. The monoisotopic (exact) mass is 250 g/mol. The van der Waals surface area contributed by atoms with Gasteiger partial charge in [0.25, 0.3) is 5.91 Å². The lowest BCUT2D eigenvalue weighted by molar-refractivity contribution is 0.0797. The van der Waals surface area contributed by atoms with Crippen molar-refractivity contribution in [3.63, 3.8) is 0 Å². The van der Waals surface area contributed by atoms with E-state index in [1.54, 1.807) is 18.0 Å². The van der Waals surface area contributed by atoms with E-state index in [2.05, 4.69) is 5.32 Å². The lowest BCUT2D eigenvalue weighted by Crippen LogP contribution is -2.27. The fourth-order valence-corrected chi connectivity index (χ4v) is 1.80. The first-order valence-electron chi connectivity index (χ1n) is 6.02. The summed E-state index contributed by atoms with van der Waals surface area (Å²) >= 11 is 0. The number of hydrogen-bond acceptors (Lipinski definition) is 4. The summed E-state index contributed by atoms with van der Waals surface area (Å²) in [6.07, 6.45) is 0. The Morgan fingerprint density at radius 3 is 3.11 bits per heavy atom. The van der Waals surface area contributed by atoms with Crippen molar-refractivity contribution >= 4 is 5.91 Å². The third kappa shape index (κ3) is 2.56. The van der Waals surface area contributed by atoms with Gasteiger partial charge in [-0.3, -0.25) is 4.79 Å². The summed E-state index contributed by atoms with van der Waals surface area (Å²) in [4.78, 5) is 13.8. The Morgan fingerprint density at radius 2 is 2.33 bits per heavy atom. The van der Waals surface area contributed by atoms with E-state index in [0.29, 0.717) is 36.8 Å². The van der Waals surface area contributed by atoms with Crippen LogP contribution < -0.4 is 14.8 Å². The van der Waals surface area contributed by atoms with Crippen molar-refractivity contribution in [2.45, 2.75) is 0 Å². The molecular formula is C13H18N2O3. The van der Waals surface area contributed by atoms with Crippen molar-refractivity contribution in [2.24, 2.45) is 0 Å². The van der Waals surface area contributed by atoms with Crippen molar-refractivity contribution in [3.05, 3.63) is 23.8 Å². The third-order valence-corrected chi connectivity index (χ3v) is 2.84. The van der Waals surface area contributed by atoms with E-state index in [1.807, 2.05) is 19.2 Å². The molecular weight excluding hydrogens is 232 g/mol. The maximum absolute atomic E-state index is 12.1. The molecule has 0 aromatic heterocycles. The van der Waals surface area contributed by atoms with Crippen molar-refractivity contribution in [3.8, 4) is 11.5 Å². The molecule has 1 aliphatic heterocycles. The zero-order valence-corrected chi connectivity index (χ0v) is 10.7. The number of rotatable bonds is 4. The number of ether oxygens (including phenoxy) is 2. The van der Waals surface area contributed by atoms with Gasteiger partial charge in [-0.15, -0.1) is 0 Å². The summed E-state index contributed by atoms with van der Waals surface area (Å²) in [5.74, 6) is 1.16. The molecule has 0 unspecified atom stereocenters. The van der Waals surface area contributed by atoms with Gasteiger partial charge in [0.1, 0.15) is 13.2 Å². The lowest BCUT2D eigenvalue weighted by atomic mass is 10.1. The van der Waals surface area contributed by atoms with Gasteiger partial charge in [0, 0.05) is 13.6 Å². The van der Waals surface area contributed by atoms with Crippen LogP contribution in [0.3, 0.4) is 0 Å². The molecule has 1 aromatic rings. The minimum absolute atomic E-state index is 0.0263. The van der Waals surface area contributed by atoms with Gasteiger partial charge in [-0.05, 0) is 19.2 Å². The highest BCUT2D eigenvalue weighted by Gasteiger charge is 2.23. The molecule has 1 aromatic carbocycles. The van der Waals surface area contributed by atoms with Crippen LogP contribution in [0, 0.1) is 0 Å². The maximum Gasteiger partial charge on any atom is 0.257 e. The van der Waals surface area contributed by atoms with E-state index in [4.69, 9.17) is 9.47 Å². The van der Waals surface area contributed by atoms with E-state index in [0.717, 1.165) is 6.54 Å². The van der Waals surface area contributed by atoms with Gasteiger partial charge in [-0.25, -0.2) is 0 Å². The second-order valence-electron chi connectivity index (χ2n) is 4.16. The topological polar surface area (TPSA) is 50.8 Å². The van der Waals surface area contributed by atoms with Crippen LogP contribution in [0.1, 0.15) is 10.4 Å². The molecule has 1 N–H and O–H groups in total. The van der Waals surface area contributed by atoms with Crippen LogP contribution in [0.2, 0.25) is 0 Å². The molecule has 2 rings (SSSR count). The van der Waals surface area contributed by atoms with Gasteiger partial charge < -0.3 is 19.7 Å². The van der Waals surface area contributed by atoms with E-state index in [-0.39, 0.29) is 5.91 Å². The molecule has 0 spiro atoms. The number of nitrogens with zero attached hydrogens (tertiary/aromatic N) is 1. The molecule has 1 heterocycles. The summed E-state index contributed by atoms with van der Waals surface area (Å²) in [6, 6.07) is 5.41. The molecule has 0 aliphatic carbocycles. The number of nitrogens with one attached hydrogen (secondary N) is 1. The summed E-state index contributed by atoms with van der Waals surface area (Å²) in [7, 11) is 3.64. The number of amides is 1. The fraction of sp³-hybridized carbons (Fsp3) is 0.462. The van der Waals surface area contributed by atoms with Gasteiger partial charge in [-0.1, -0.05) is 6.07 Å². The van der Waals surface area contributed by atoms with Crippen LogP contribution in [-0.4, -0.2) is 51.2 Å². The first kappa shape index (κ1) is 12.7. The molecule has 1 aliphatic rings. The van der Waals surface area contributed by atoms with Gasteiger partial charge >= 0.3 is 0 Å². The molecule has 0 fully saturated rings. The van der Waals surface area contributed by atoms with Gasteiger partial charge in [-0.2, -0.15) is 0 Å². The van der Waals surface area contributed by atoms with Gasteiger partial charge in [0.2, 0.25) is 0 Å². The molecule has 18 heavy (non-hydrogen) atoms. The number of likely N-dealkylation sites (N-methyl/N-ethyl adjacent to an activating group) is 2. The number of hydrogen-bond donors (Lipinski definition) is 1. The average Bonchev–Trinajstić information content (AvgIpc) is 2.52. The van der Waals surface area contributed by atoms with Crippen LogP contribution in [-0.2, 0) is 0 Å². The molecule has 0 saturated heterocycles. The standard InChI is InChI=1S/C13H18N2O3/c1-14-6-8-17-11-5-3-4-10-12(11)18-9-7-15(2)13(10)16/h3-5,14H,6-9H2,1-2H3. The molecule has 98 valence electrons. The second-order valence-corrected chi connectivity index (χ2v) is 4.16. The predicted molar refractivity (Wildman–Crippen MR) is 68.3 cm³/mol. The first-order valence-corrected chi connectivity index (χ1v) is 6.02. The van der Waals surface area contributed by atoms with Crippen LogP contribution in [0.15, 0.2) is 18.2 Å². The number of carbonyl (C=O) groups excluding carboxylic acids is 1.